The molecule has 0 spiro atoms. The summed E-state index contributed by atoms with van der Waals surface area (Å²) in [6, 6.07) is 20.2. The fourth-order valence-corrected chi connectivity index (χ4v) is 8.89. The van der Waals surface area contributed by atoms with Crippen LogP contribution in [0, 0.1) is 11.8 Å². The molecule has 8 heteroatoms. The molecule has 0 N–H and O–H groups in total. The van der Waals surface area contributed by atoms with Crippen molar-refractivity contribution in [2.24, 2.45) is 18.9 Å². The number of benzene rings is 2. The normalized spacial score (nSPS) is 21.5. The third-order valence-corrected chi connectivity index (χ3v) is 11.5. The standard InChI is InChI=1S/C37H50N6OS/c1-39-28-35(24-38-39)40(2)45-44-36-16-14-34(15-17-36)43-26-30(27-43)25-41-22-18-33(19-23-41)37(32-12-6-7-13-32,29-42-20-8-9-21-42)31-10-4-3-5-11-31/h3-5,10-12,14-17,24,28,30,33H,6-9,13,18-23,25-27,29H2,1-2H3. The Balaban J connectivity index is 0.920. The number of allylic oxidation sites excluding steroid dienone is 1. The number of hydrogen-bond donors (Lipinski definition) is 0. The molecule has 1 aliphatic carbocycles. The van der Waals surface area contributed by atoms with Crippen LogP contribution in [0.2, 0.25) is 0 Å². The molecule has 7 rings (SSSR count). The Kier molecular flexibility index (Phi) is 9.43. The molecule has 3 aliphatic heterocycles. The zero-order chi connectivity index (χ0) is 30.6. The van der Waals surface area contributed by atoms with Crippen LogP contribution in [0.1, 0.15) is 50.5 Å². The largest absolute Gasteiger partial charge is 0.405 e. The maximum Gasteiger partial charge on any atom is 0.179 e. The van der Waals surface area contributed by atoms with Crippen LogP contribution < -0.4 is 13.4 Å². The average molecular weight is 627 g/mol. The zero-order valence-electron chi connectivity index (χ0n) is 27.2. The molecule has 0 saturated carbocycles. The Morgan fingerprint density at radius 3 is 2.36 bits per heavy atom. The molecular weight excluding hydrogens is 577 g/mol. The van der Waals surface area contributed by atoms with E-state index in [0.29, 0.717) is 0 Å². The van der Waals surface area contributed by atoms with Crippen LogP contribution in [-0.4, -0.2) is 79.0 Å². The number of likely N-dealkylation sites (tertiary alicyclic amines) is 2. The molecule has 3 saturated heterocycles. The van der Waals surface area contributed by atoms with Gasteiger partial charge in [0.1, 0.15) is 5.75 Å². The van der Waals surface area contributed by atoms with Gasteiger partial charge in [-0.1, -0.05) is 42.0 Å². The van der Waals surface area contributed by atoms with Crippen molar-refractivity contribution in [1.29, 1.82) is 0 Å². The van der Waals surface area contributed by atoms with Crippen LogP contribution in [0.25, 0.3) is 0 Å². The number of rotatable bonds is 12. The molecule has 3 aromatic rings. The molecule has 4 heterocycles. The van der Waals surface area contributed by atoms with Crippen molar-refractivity contribution in [1.82, 2.24) is 19.6 Å². The third-order valence-electron chi connectivity index (χ3n) is 10.8. The summed E-state index contributed by atoms with van der Waals surface area (Å²) in [7, 11) is 3.91. The Morgan fingerprint density at radius 2 is 1.69 bits per heavy atom. The van der Waals surface area contributed by atoms with E-state index < -0.39 is 0 Å². The van der Waals surface area contributed by atoms with Gasteiger partial charge in [0.05, 0.1) is 11.9 Å². The van der Waals surface area contributed by atoms with E-state index >= 15 is 0 Å². The highest BCUT2D eigenvalue weighted by Gasteiger charge is 2.46. The van der Waals surface area contributed by atoms with Gasteiger partial charge in [0.25, 0.3) is 0 Å². The quantitative estimate of drug-likeness (QED) is 0.125. The minimum atomic E-state index is 0.185. The Labute approximate surface area is 274 Å². The first-order valence-corrected chi connectivity index (χ1v) is 17.9. The van der Waals surface area contributed by atoms with Gasteiger partial charge in [-0.25, -0.2) is 0 Å². The lowest BCUT2D eigenvalue weighted by Crippen LogP contribution is -2.54. The smallest absolute Gasteiger partial charge is 0.179 e. The van der Waals surface area contributed by atoms with Crippen LogP contribution in [-0.2, 0) is 12.5 Å². The van der Waals surface area contributed by atoms with Gasteiger partial charge in [0.2, 0.25) is 0 Å². The molecule has 0 amide bonds. The van der Waals surface area contributed by atoms with E-state index in [2.05, 4.69) is 80.5 Å². The first-order chi connectivity index (χ1) is 22.1. The number of hydrogen-bond acceptors (Lipinski definition) is 7. The Morgan fingerprint density at radius 1 is 0.933 bits per heavy atom. The van der Waals surface area contributed by atoms with Gasteiger partial charge in [-0.15, -0.1) is 0 Å². The van der Waals surface area contributed by atoms with Crippen LogP contribution >= 0.6 is 12.2 Å². The lowest BCUT2D eigenvalue weighted by molar-refractivity contribution is 0.101. The summed E-state index contributed by atoms with van der Waals surface area (Å²) in [6.07, 6.45) is 15.7. The van der Waals surface area contributed by atoms with Crippen molar-refractivity contribution in [2.45, 2.75) is 50.4 Å². The molecule has 1 atom stereocenters. The molecule has 2 aromatic carbocycles. The lowest BCUT2D eigenvalue weighted by atomic mass is 9.61. The van der Waals surface area contributed by atoms with Crippen molar-refractivity contribution >= 4 is 23.6 Å². The van der Waals surface area contributed by atoms with Gasteiger partial charge in [0.15, 0.2) is 12.2 Å². The van der Waals surface area contributed by atoms with Crippen LogP contribution in [0.5, 0.6) is 5.75 Å². The van der Waals surface area contributed by atoms with Gasteiger partial charge in [-0.2, -0.15) is 5.10 Å². The topological polar surface area (TPSA) is 40.0 Å². The number of aryl methyl sites for hydroxylation is 1. The second kappa shape index (κ2) is 13.8. The highest BCUT2D eigenvalue weighted by atomic mass is 32.2. The Bertz CT molecular complexity index is 1410. The molecule has 1 aromatic heterocycles. The molecule has 240 valence electrons. The summed E-state index contributed by atoms with van der Waals surface area (Å²) >= 11 is 1.32. The maximum atomic E-state index is 5.94. The minimum Gasteiger partial charge on any atom is -0.405 e. The first kappa shape index (κ1) is 30.7. The van der Waals surface area contributed by atoms with Crippen molar-refractivity contribution in [3.8, 4) is 5.75 Å². The second-order valence-electron chi connectivity index (χ2n) is 13.8. The highest BCUT2D eigenvalue weighted by Crippen LogP contribution is 2.49. The summed E-state index contributed by atoms with van der Waals surface area (Å²) < 4.78 is 9.72. The van der Waals surface area contributed by atoms with Crippen LogP contribution in [0.15, 0.2) is 78.6 Å². The van der Waals surface area contributed by atoms with Crippen molar-refractivity contribution < 1.29 is 4.18 Å². The predicted octanol–water partition coefficient (Wildman–Crippen LogP) is 6.79. The number of anilines is 2. The van der Waals surface area contributed by atoms with Gasteiger partial charge in [-0.05, 0) is 107 Å². The summed E-state index contributed by atoms with van der Waals surface area (Å²) in [5, 5.41) is 4.23. The van der Waals surface area contributed by atoms with Gasteiger partial charge >= 0.3 is 0 Å². The summed E-state index contributed by atoms with van der Waals surface area (Å²) in [4.78, 5) is 8.08. The van der Waals surface area contributed by atoms with Gasteiger partial charge in [0, 0.05) is 63.5 Å². The number of aromatic nitrogens is 2. The van der Waals surface area contributed by atoms with Gasteiger partial charge in [-0.3, -0.25) is 8.99 Å². The van der Waals surface area contributed by atoms with Gasteiger partial charge < -0.3 is 18.9 Å². The number of nitrogens with zero attached hydrogens (tertiary/aromatic N) is 6. The molecule has 0 bridgehead atoms. The van der Waals surface area contributed by atoms with Crippen molar-refractivity contribution in [2.75, 3.05) is 68.6 Å². The molecule has 45 heavy (non-hydrogen) atoms. The Hall–Kier alpha value is -2.94. The highest BCUT2D eigenvalue weighted by molar-refractivity contribution is 7.96. The van der Waals surface area contributed by atoms with E-state index in [-0.39, 0.29) is 5.41 Å². The SMILES string of the molecule is CN(SOc1ccc(N2CC(CN3CCC(C(CN4CCCC4)(C4=CCCC4)c4ccccc4)CC3)C2)cc1)c1cnn(C)c1. The monoisotopic (exact) mass is 626 g/mol. The van der Waals surface area contributed by atoms with Crippen LogP contribution in [0.4, 0.5) is 11.4 Å². The molecule has 1 unspecified atom stereocenters. The third kappa shape index (κ3) is 6.79. The summed E-state index contributed by atoms with van der Waals surface area (Å²) in [5.74, 6) is 2.34. The van der Waals surface area contributed by atoms with E-state index in [0.717, 1.165) is 36.4 Å². The maximum absolute atomic E-state index is 5.94. The first-order valence-electron chi connectivity index (χ1n) is 17.2. The zero-order valence-corrected chi connectivity index (χ0v) is 28.0. The van der Waals surface area contributed by atoms with E-state index in [1.165, 1.54) is 102 Å². The minimum absolute atomic E-state index is 0.185. The van der Waals surface area contributed by atoms with Crippen molar-refractivity contribution in [3.63, 3.8) is 0 Å². The number of piperidine rings is 1. The van der Waals surface area contributed by atoms with E-state index in [1.54, 1.807) is 15.8 Å². The average Bonchev–Trinajstić information content (AvgIpc) is 3.86. The second-order valence-corrected chi connectivity index (χ2v) is 14.7. The van der Waals surface area contributed by atoms with E-state index in [1.807, 2.05) is 30.8 Å². The molecule has 7 nitrogen and oxygen atoms in total. The molecule has 4 aliphatic rings. The van der Waals surface area contributed by atoms with E-state index in [9.17, 15) is 0 Å². The summed E-state index contributed by atoms with van der Waals surface area (Å²) in [6.45, 7) is 9.77. The van der Waals surface area contributed by atoms with E-state index in [4.69, 9.17) is 4.18 Å². The molecular formula is C37H50N6OS. The fraction of sp³-hybridized carbons (Fsp3) is 0.541. The molecule has 0 radical (unpaired) electrons. The van der Waals surface area contributed by atoms with Crippen LogP contribution in [0.3, 0.4) is 0 Å². The summed E-state index contributed by atoms with van der Waals surface area (Å²) in [5.41, 5.74) is 5.82. The predicted molar refractivity (Wildman–Crippen MR) is 187 cm³/mol. The van der Waals surface area contributed by atoms with Crippen molar-refractivity contribution in [3.05, 3.63) is 84.2 Å². The fourth-order valence-electron chi connectivity index (χ4n) is 8.41. The molecule has 3 fully saturated rings. The lowest BCUT2D eigenvalue weighted by Gasteiger charge is -2.49.